The van der Waals surface area contributed by atoms with Crippen molar-refractivity contribution >= 4 is 97.7 Å². The van der Waals surface area contributed by atoms with Gasteiger partial charge in [0.25, 0.3) is 0 Å². The van der Waals surface area contributed by atoms with Gasteiger partial charge in [-0.25, -0.2) is 0 Å². The van der Waals surface area contributed by atoms with Gasteiger partial charge in [0.1, 0.15) is 22.3 Å². The predicted octanol–water partition coefficient (Wildman–Crippen LogP) is 16.3. The Balaban J connectivity index is 1.03. The summed E-state index contributed by atoms with van der Waals surface area (Å²) in [7, 11) is 0. The molecule has 2 heteroatoms. The molecule has 0 bridgehead atoms. The third kappa shape index (κ3) is 4.37. The molecule has 2 aromatic heterocycles. The lowest BCUT2D eigenvalue weighted by molar-refractivity contribution is 0.663. The first-order valence-electron chi connectivity index (χ1n) is 19.9. The molecule has 268 valence electrons. The van der Waals surface area contributed by atoms with Gasteiger partial charge in [-0.05, 0) is 118 Å². The van der Waals surface area contributed by atoms with Crippen LogP contribution in [0.5, 0.6) is 0 Å². The molecule has 2 heterocycles. The summed E-state index contributed by atoms with van der Waals surface area (Å²) >= 11 is 0. The van der Waals surface area contributed by atoms with E-state index in [1.54, 1.807) is 0 Å². The standard InChI is InChI=1S/C56H32O2/c1-3-15-36-33(12-1)14-11-23-42(36)52-43-19-7-9-21-45(43)53(46-22-10-8-20-44(46)52)47-28-27-37(39-17-5-6-18-40(39)47)35-24-26-41-48-29-31-50-55(56(48)58-51(41)32-35)54-38-16-4-2-13-34(38)25-30-49(54)57-50/h1-32H. The van der Waals surface area contributed by atoms with Gasteiger partial charge in [-0.15, -0.1) is 0 Å². The lowest BCUT2D eigenvalue weighted by atomic mass is 9.83. The molecule has 13 rings (SSSR count). The van der Waals surface area contributed by atoms with E-state index in [0.29, 0.717) is 0 Å². The second kappa shape index (κ2) is 11.9. The van der Waals surface area contributed by atoms with Crippen molar-refractivity contribution in [3.05, 3.63) is 194 Å². The fourth-order valence-electron chi connectivity index (χ4n) is 9.95. The summed E-state index contributed by atoms with van der Waals surface area (Å²) in [6.07, 6.45) is 0. The van der Waals surface area contributed by atoms with Gasteiger partial charge in [0, 0.05) is 16.2 Å². The molecule has 0 N–H and O–H groups in total. The molecule has 0 spiro atoms. The first-order valence-corrected chi connectivity index (χ1v) is 19.9. The van der Waals surface area contributed by atoms with Gasteiger partial charge in [0.2, 0.25) is 0 Å². The fraction of sp³-hybridized carbons (Fsp3) is 0. The normalized spacial score (nSPS) is 12.1. The quantitative estimate of drug-likeness (QED) is 0.169. The van der Waals surface area contributed by atoms with Crippen LogP contribution in [0.2, 0.25) is 0 Å². The van der Waals surface area contributed by atoms with Crippen LogP contribution in [0, 0.1) is 0 Å². The van der Waals surface area contributed by atoms with Crippen LogP contribution in [0.15, 0.2) is 203 Å². The van der Waals surface area contributed by atoms with E-state index < -0.39 is 0 Å². The minimum Gasteiger partial charge on any atom is -0.456 e. The largest absolute Gasteiger partial charge is 0.456 e. The Kier molecular flexibility index (Phi) is 6.47. The third-order valence-corrected chi connectivity index (χ3v) is 12.5. The van der Waals surface area contributed by atoms with Crippen LogP contribution >= 0.6 is 0 Å². The average molecular weight is 737 g/mol. The van der Waals surface area contributed by atoms with Crippen molar-refractivity contribution in [3.63, 3.8) is 0 Å². The van der Waals surface area contributed by atoms with Gasteiger partial charge in [-0.1, -0.05) is 164 Å². The highest BCUT2D eigenvalue weighted by atomic mass is 16.3. The van der Waals surface area contributed by atoms with Gasteiger partial charge in [0.15, 0.2) is 0 Å². The molecule has 58 heavy (non-hydrogen) atoms. The van der Waals surface area contributed by atoms with Crippen LogP contribution < -0.4 is 0 Å². The summed E-state index contributed by atoms with van der Waals surface area (Å²) in [6.45, 7) is 0. The Labute approximate surface area is 332 Å². The van der Waals surface area contributed by atoms with Gasteiger partial charge in [-0.2, -0.15) is 0 Å². The van der Waals surface area contributed by atoms with E-state index in [1.807, 2.05) is 0 Å². The zero-order valence-corrected chi connectivity index (χ0v) is 31.3. The van der Waals surface area contributed by atoms with E-state index in [2.05, 4.69) is 194 Å². The number of hydrogen-bond donors (Lipinski definition) is 0. The second-order valence-corrected chi connectivity index (χ2v) is 15.5. The molecule has 0 radical (unpaired) electrons. The van der Waals surface area contributed by atoms with Crippen LogP contribution in [0.25, 0.3) is 131 Å². The maximum Gasteiger partial charge on any atom is 0.147 e. The smallest absolute Gasteiger partial charge is 0.147 e. The SMILES string of the molecule is c1ccc2c(-c3c4ccccc4c(-c4ccc(-c5ccc6c(c5)oc5c6ccc6oc7ccc8ccccc8c7c65)c5ccccc45)c4ccccc34)cccc2c1. The Bertz CT molecular complexity index is 3800. The summed E-state index contributed by atoms with van der Waals surface area (Å²) in [6, 6.07) is 70.4. The average Bonchev–Trinajstić information content (AvgIpc) is 3.86. The summed E-state index contributed by atoms with van der Waals surface area (Å²) in [5.41, 5.74) is 10.8. The van der Waals surface area contributed by atoms with Crippen molar-refractivity contribution in [2.45, 2.75) is 0 Å². The van der Waals surface area contributed by atoms with Crippen LogP contribution in [0.3, 0.4) is 0 Å². The van der Waals surface area contributed by atoms with E-state index in [1.165, 1.54) is 81.7 Å². The van der Waals surface area contributed by atoms with E-state index in [9.17, 15) is 0 Å². The van der Waals surface area contributed by atoms with E-state index in [4.69, 9.17) is 8.83 Å². The van der Waals surface area contributed by atoms with E-state index in [0.717, 1.165) is 49.4 Å². The van der Waals surface area contributed by atoms with Crippen molar-refractivity contribution < 1.29 is 8.83 Å². The maximum atomic E-state index is 6.86. The Morgan fingerprint density at radius 1 is 0.259 bits per heavy atom. The molecule has 0 saturated carbocycles. The highest BCUT2D eigenvalue weighted by Crippen LogP contribution is 2.48. The Morgan fingerprint density at radius 3 is 1.47 bits per heavy atom. The zero-order chi connectivity index (χ0) is 37.9. The maximum absolute atomic E-state index is 6.86. The molecule has 0 saturated heterocycles. The number of furan rings is 2. The molecule has 0 aliphatic carbocycles. The summed E-state index contributed by atoms with van der Waals surface area (Å²) < 4.78 is 13.3. The summed E-state index contributed by atoms with van der Waals surface area (Å²) in [4.78, 5) is 0. The molecule has 11 aromatic carbocycles. The molecule has 13 aromatic rings. The molecule has 0 fully saturated rings. The summed E-state index contributed by atoms with van der Waals surface area (Å²) in [5, 5.41) is 16.6. The number of fused-ring (bicyclic) bond motifs is 13. The van der Waals surface area contributed by atoms with Gasteiger partial charge in [-0.3, -0.25) is 0 Å². The van der Waals surface area contributed by atoms with Crippen molar-refractivity contribution in [3.8, 4) is 33.4 Å². The minimum atomic E-state index is 0.838. The fourth-order valence-corrected chi connectivity index (χ4v) is 9.95. The highest BCUT2D eigenvalue weighted by molar-refractivity contribution is 6.29. The van der Waals surface area contributed by atoms with Crippen molar-refractivity contribution in [2.75, 3.05) is 0 Å². The van der Waals surface area contributed by atoms with Crippen LogP contribution in [-0.4, -0.2) is 0 Å². The number of hydrogen-bond acceptors (Lipinski definition) is 2. The molecular weight excluding hydrogens is 705 g/mol. The predicted molar refractivity (Wildman–Crippen MR) is 245 cm³/mol. The molecule has 0 unspecified atom stereocenters. The molecule has 0 amide bonds. The molecule has 0 atom stereocenters. The van der Waals surface area contributed by atoms with Crippen molar-refractivity contribution in [1.82, 2.24) is 0 Å². The third-order valence-electron chi connectivity index (χ3n) is 12.5. The number of rotatable bonds is 3. The van der Waals surface area contributed by atoms with Gasteiger partial charge >= 0.3 is 0 Å². The molecule has 0 aliphatic rings. The lowest BCUT2D eigenvalue weighted by Gasteiger charge is -2.20. The lowest BCUT2D eigenvalue weighted by Crippen LogP contribution is -1.93. The first kappa shape index (κ1) is 31.5. The summed E-state index contributed by atoms with van der Waals surface area (Å²) in [5.74, 6) is 0. The molecule has 0 aliphatic heterocycles. The topological polar surface area (TPSA) is 26.3 Å². The first-order chi connectivity index (χ1) is 28.8. The highest BCUT2D eigenvalue weighted by Gasteiger charge is 2.21. The van der Waals surface area contributed by atoms with Crippen LogP contribution in [0.4, 0.5) is 0 Å². The van der Waals surface area contributed by atoms with Gasteiger partial charge in [0.05, 0.1) is 5.39 Å². The Hall–Kier alpha value is -7.68. The van der Waals surface area contributed by atoms with Crippen LogP contribution in [0.1, 0.15) is 0 Å². The minimum absolute atomic E-state index is 0.838. The second-order valence-electron chi connectivity index (χ2n) is 15.5. The van der Waals surface area contributed by atoms with Gasteiger partial charge < -0.3 is 8.83 Å². The van der Waals surface area contributed by atoms with Crippen molar-refractivity contribution in [1.29, 1.82) is 0 Å². The molecule has 2 nitrogen and oxygen atoms in total. The number of benzene rings is 11. The van der Waals surface area contributed by atoms with E-state index >= 15 is 0 Å². The van der Waals surface area contributed by atoms with Crippen molar-refractivity contribution in [2.24, 2.45) is 0 Å². The monoisotopic (exact) mass is 736 g/mol. The van der Waals surface area contributed by atoms with E-state index in [-0.39, 0.29) is 0 Å². The van der Waals surface area contributed by atoms with Crippen LogP contribution in [-0.2, 0) is 0 Å². The Morgan fingerprint density at radius 2 is 0.759 bits per heavy atom. The molecular formula is C56H32O2. The zero-order valence-electron chi connectivity index (χ0n) is 31.3.